The van der Waals surface area contributed by atoms with E-state index in [9.17, 15) is 27.5 Å². The summed E-state index contributed by atoms with van der Waals surface area (Å²) in [5, 5.41) is 9.37. The van der Waals surface area contributed by atoms with Gasteiger partial charge in [0, 0.05) is 0 Å². The van der Waals surface area contributed by atoms with Crippen molar-refractivity contribution in [2.75, 3.05) is 13.1 Å². The molecule has 1 amide bonds. The van der Waals surface area contributed by atoms with Crippen molar-refractivity contribution >= 4 is 5.91 Å². The van der Waals surface area contributed by atoms with Crippen molar-refractivity contribution in [3.05, 3.63) is 47.2 Å². The quantitative estimate of drug-likeness (QED) is 0.816. The van der Waals surface area contributed by atoms with Crippen LogP contribution in [0.25, 0.3) is 0 Å². The van der Waals surface area contributed by atoms with Crippen LogP contribution in [0, 0.1) is 6.92 Å². The average Bonchev–Trinajstić information content (AvgIpc) is 3.18. The number of likely N-dealkylation sites (tertiary alicyclic amines) is 1. The summed E-state index contributed by atoms with van der Waals surface area (Å²) in [7, 11) is 0. The van der Waals surface area contributed by atoms with Gasteiger partial charge < -0.3 is 19.2 Å². The number of aryl methyl sites for hydroxylation is 1. The summed E-state index contributed by atoms with van der Waals surface area (Å²) in [6.07, 6.45) is -6.10. The standard InChI is InChI=1S/C17H16F4N2O4/c1-9-4-10(2-3-11(9)17(19,20)21)26-8-15-22-13(7-27-15)16(25)23-5-12(18)14(24)6-23/h2-4,7,12,14,24H,5-6,8H2,1H3/t12-,14-/m1/s1. The fraction of sp³-hybridized carbons (Fsp3) is 0.412. The number of aliphatic hydroxyl groups is 1. The Morgan fingerprint density at radius 1 is 1.41 bits per heavy atom. The minimum Gasteiger partial charge on any atom is -0.484 e. The lowest BCUT2D eigenvalue weighted by molar-refractivity contribution is -0.138. The molecule has 0 radical (unpaired) electrons. The maximum absolute atomic E-state index is 13.3. The molecule has 0 bridgehead atoms. The number of halogens is 4. The fourth-order valence-corrected chi connectivity index (χ4v) is 2.74. The number of hydrogen-bond donors (Lipinski definition) is 1. The number of carbonyl (C=O) groups is 1. The lowest BCUT2D eigenvalue weighted by Gasteiger charge is -2.12. The van der Waals surface area contributed by atoms with E-state index in [0.29, 0.717) is 0 Å². The predicted molar refractivity (Wildman–Crippen MR) is 83.8 cm³/mol. The Morgan fingerprint density at radius 2 is 2.15 bits per heavy atom. The predicted octanol–water partition coefficient (Wildman–Crippen LogP) is 2.74. The van der Waals surface area contributed by atoms with Gasteiger partial charge in [-0.2, -0.15) is 13.2 Å². The second-order valence-electron chi connectivity index (χ2n) is 6.18. The van der Waals surface area contributed by atoms with Crippen molar-refractivity contribution < 1.29 is 36.6 Å². The minimum atomic E-state index is -4.44. The molecular formula is C17H16F4N2O4. The Hall–Kier alpha value is -2.62. The van der Waals surface area contributed by atoms with E-state index in [1.54, 1.807) is 0 Å². The van der Waals surface area contributed by atoms with Crippen LogP contribution in [-0.4, -0.2) is 46.3 Å². The zero-order valence-electron chi connectivity index (χ0n) is 14.2. The second kappa shape index (κ2) is 7.18. The number of oxazole rings is 1. The van der Waals surface area contributed by atoms with Gasteiger partial charge in [-0.15, -0.1) is 0 Å². The van der Waals surface area contributed by atoms with Gasteiger partial charge in [-0.1, -0.05) is 0 Å². The van der Waals surface area contributed by atoms with E-state index < -0.39 is 29.9 Å². The maximum Gasteiger partial charge on any atom is 0.416 e. The van der Waals surface area contributed by atoms with Gasteiger partial charge in [0.15, 0.2) is 12.3 Å². The summed E-state index contributed by atoms with van der Waals surface area (Å²) in [4.78, 5) is 17.2. The number of β-amino-alcohol motifs (C(OH)–C–C–N with tert-alkyl or cyclic N) is 1. The van der Waals surface area contributed by atoms with E-state index in [-0.39, 0.29) is 42.6 Å². The van der Waals surface area contributed by atoms with E-state index in [2.05, 4.69) is 4.98 Å². The first-order valence-electron chi connectivity index (χ1n) is 8.01. The van der Waals surface area contributed by atoms with Gasteiger partial charge in [0.05, 0.1) is 18.7 Å². The highest BCUT2D eigenvalue weighted by molar-refractivity contribution is 5.92. The summed E-state index contributed by atoms with van der Waals surface area (Å²) in [5.41, 5.74) is -0.812. The Labute approximate surface area is 151 Å². The number of aromatic nitrogens is 1. The van der Waals surface area contributed by atoms with Crippen LogP contribution < -0.4 is 4.74 Å². The first kappa shape index (κ1) is 19.2. The van der Waals surface area contributed by atoms with Crippen molar-refractivity contribution in [1.82, 2.24) is 9.88 Å². The molecule has 0 unspecified atom stereocenters. The van der Waals surface area contributed by atoms with Gasteiger partial charge >= 0.3 is 6.18 Å². The Balaban J connectivity index is 1.62. The summed E-state index contributed by atoms with van der Waals surface area (Å²) in [6.45, 7) is 0.750. The molecule has 3 rings (SSSR count). The molecule has 1 aliphatic rings. The Morgan fingerprint density at radius 3 is 2.74 bits per heavy atom. The first-order valence-corrected chi connectivity index (χ1v) is 8.01. The molecule has 2 atom stereocenters. The van der Waals surface area contributed by atoms with Gasteiger partial charge in [0.2, 0.25) is 5.89 Å². The van der Waals surface area contributed by atoms with Gasteiger partial charge in [0.25, 0.3) is 5.91 Å². The molecular weight excluding hydrogens is 372 g/mol. The molecule has 1 fully saturated rings. The van der Waals surface area contributed by atoms with Gasteiger partial charge in [-0.3, -0.25) is 4.79 Å². The van der Waals surface area contributed by atoms with Crippen molar-refractivity contribution in [2.24, 2.45) is 0 Å². The summed E-state index contributed by atoms with van der Waals surface area (Å²) >= 11 is 0. The molecule has 1 aromatic carbocycles. The summed E-state index contributed by atoms with van der Waals surface area (Å²) < 4.78 is 62.0. The number of carbonyl (C=O) groups excluding carboxylic acids is 1. The molecule has 2 aromatic rings. The van der Waals surface area contributed by atoms with Crippen LogP contribution in [0.1, 0.15) is 27.5 Å². The Kier molecular flexibility index (Phi) is 5.09. The normalized spacial score (nSPS) is 20.1. The largest absolute Gasteiger partial charge is 0.484 e. The number of ether oxygens (including phenoxy) is 1. The number of nitrogens with zero attached hydrogens (tertiary/aromatic N) is 2. The van der Waals surface area contributed by atoms with Crippen LogP contribution in [0.2, 0.25) is 0 Å². The number of aliphatic hydroxyl groups excluding tert-OH is 1. The molecule has 1 aromatic heterocycles. The van der Waals surface area contributed by atoms with E-state index in [4.69, 9.17) is 9.15 Å². The van der Waals surface area contributed by atoms with Gasteiger partial charge in [0.1, 0.15) is 24.3 Å². The number of hydrogen-bond acceptors (Lipinski definition) is 5. The molecule has 27 heavy (non-hydrogen) atoms. The molecule has 1 saturated heterocycles. The molecule has 10 heteroatoms. The van der Waals surface area contributed by atoms with Crippen LogP contribution in [0.4, 0.5) is 17.6 Å². The fourth-order valence-electron chi connectivity index (χ4n) is 2.74. The Bertz CT molecular complexity index is 827. The third-order valence-corrected chi connectivity index (χ3v) is 4.14. The summed E-state index contributed by atoms with van der Waals surface area (Å²) in [5.74, 6) is -0.364. The van der Waals surface area contributed by atoms with Crippen molar-refractivity contribution in [3.8, 4) is 5.75 Å². The van der Waals surface area contributed by atoms with Crippen LogP contribution in [-0.2, 0) is 12.8 Å². The minimum absolute atomic E-state index is 0.0108. The molecule has 2 heterocycles. The zero-order valence-corrected chi connectivity index (χ0v) is 14.2. The first-order chi connectivity index (χ1) is 12.6. The number of alkyl halides is 4. The highest BCUT2D eigenvalue weighted by atomic mass is 19.4. The second-order valence-corrected chi connectivity index (χ2v) is 6.18. The van der Waals surface area contributed by atoms with Gasteiger partial charge in [-0.25, -0.2) is 9.37 Å². The third-order valence-electron chi connectivity index (χ3n) is 4.14. The van der Waals surface area contributed by atoms with Gasteiger partial charge in [-0.05, 0) is 30.7 Å². The molecule has 146 valence electrons. The third kappa shape index (κ3) is 4.21. The van der Waals surface area contributed by atoms with Crippen LogP contribution in [0.3, 0.4) is 0 Å². The summed E-state index contributed by atoms with van der Waals surface area (Å²) in [6, 6.07) is 3.34. The zero-order chi connectivity index (χ0) is 19.8. The van der Waals surface area contributed by atoms with Crippen LogP contribution in [0.15, 0.2) is 28.9 Å². The highest BCUT2D eigenvalue weighted by Gasteiger charge is 2.35. The number of amides is 1. The van der Waals surface area contributed by atoms with Crippen molar-refractivity contribution in [1.29, 1.82) is 0 Å². The monoisotopic (exact) mass is 388 g/mol. The smallest absolute Gasteiger partial charge is 0.416 e. The van der Waals surface area contributed by atoms with Crippen LogP contribution in [0.5, 0.6) is 5.75 Å². The highest BCUT2D eigenvalue weighted by Crippen LogP contribution is 2.33. The molecule has 0 spiro atoms. The van der Waals surface area contributed by atoms with E-state index in [1.807, 2.05) is 0 Å². The van der Waals surface area contributed by atoms with Crippen LogP contribution >= 0.6 is 0 Å². The SMILES string of the molecule is Cc1cc(OCc2nc(C(=O)N3C[C@@H](O)[C@H](F)C3)co2)ccc1C(F)(F)F. The molecule has 0 aliphatic carbocycles. The molecule has 6 nitrogen and oxygen atoms in total. The van der Waals surface area contributed by atoms with E-state index in [1.165, 1.54) is 19.1 Å². The lowest BCUT2D eigenvalue weighted by Crippen LogP contribution is -2.29. The van der Waals surface area contributed by atoms with Crippen molar-refractivity contribution in [2.45, 2.75) is 32.0 Å². The molecule has 1 N–H and O–H groups in total. The molecule has 0 saturated carbocycles. The van der Waals surface area contributed by atoms with E-state index >= 15 is 0 Å². The number of rotatable bonds is 4. The lowest BCUT2D eigenvalue weighted by atomic mass is 10.1. The average molecular weight is 388 g/mol. The van der Waals surface area contributed by atoms with Crippen molar-refractivity contribution in [3.63, 3.8) is 0 Å². The van der Waals surface area contributed by atoms with E-state index in [0.717, 1.165) is 17.2 Å². The maximum atomic E-state index is 13.3. The number of benzene rings is 1. The molecule has 1 aliphatic heterocycles. The topological polar surface area (TPSA) is 75.8 Å².